The van der Waals surface area contributed by atoms with E-state index in [2.05, 4.69) is 15.3 Å². The molecule has 0 aliphatic heterocycles. The number of nitrogens with zero attached hydrogens (tertiary/aromatic N) is 1. The highest BCUT2D eigenvalue weighted by Gasteiger charge is 2.09. The zero-order valence-corrected chi connectivity index (χ0v) is 15.3. The van der Waals surface area contributed by atoms with Crippen LogP contribution in [0.15, 0.2) is 35.4 Å². The molecule has 1 amide bonds. The van der Waals surface area contributed by atoms with E-state index in [0.29, 0.717) is 41.1 Å². The predicted octanol–water partition coefficient (Wildman–Crippen LogP) is 2.25. The Hall–Kier alpha value is -2.87. The van der Waals surface area contributed by atoms with Crippen molar-refractivity contribution in [2.45, 2.75) is 19.4 Å². The monoisotopic (exact) mass is 373 g/mol. The lowest BCUT2D eigenvalue weighted by Crippen LogP contribution is -2.22. The number of methoxy groups -OCH3 is 2. The van der Waals surface area contributed by atoms with Gasteiger partial charge in [-0.2, -0.15) is 0 Å². The molecule has 0 aliphatic rings. The Morgan fingerprint density at radius 1 is 1.23 bits per heavy atom. The number of hydrogen-bond donors (Lipinski definition) is 2. The number of ether oxygens (including phenoxy) is 2. The molecule has 0 saturated heterocycles. The highest BCUT2D eigenvalue weighted by molar-refractivity contribution is 7.18. The average Bonchev–Trinajstić information content (AvgIpc) is 3.09. The normalized spacial score (nSPS) is 10.7. The molecule has 2 aromatic heterocycles. The summed E-state index contributed by atoms with van der Waals surface area (Å²) < 4.78 is 10.5. The molecule has 26 heavy (non-hydrogen) atoms. The largest absolute Gasteiger partial charge is 0.493 e. The van der Waals surface area contributed by atoms with Crippen molar-refractivity contribution in [2.24, 2.45) is 0 Å². The zero-order chi connectivity index (χ0) is 18.5. The van der Waals surface area contributed by atoms with Gasteiger partial charge in [-0.1, -0.05) is 6.07 Å². The molecule has 2 heterocycles. The smallest absolute Gasteiger partial charge is 0.259 e. The number of thiophene rings is 1. The third kappa shape index (κ3) is 4.02. The number of amides is 1. The van der Waals surface area contributed by atoms with E-state index in [1.807, 2.05) is 18.2 Å². The number of H-pyrrole nitrogens is 1. The van der Waals surface area contributed by atoms with Crippen molar-refractivity contribution in [1.82, 2.24) is 15.3 Å². The molecule has 3 aromatic rings. The van der Waals surface area contributed by atoms with Crippen molar-refractivity contribution in [2.75, 3.05) is 14.2 Å². The molecular weight excluding hydrogens is 354 g/mol. The second-order valence-electron chi connectivity index (χ2n) is 5.63. The van der Waals surface area contributed by atoms with E-state index < -0.39 is 0 Å². The predicted molar refractivity (Wildman–Crippen MR) is 100.0 cm³/mol. The summed E-state index contributed by atoms with van der Waals surface area (Å²) in [6.07, 6.45) is 2.34. The molecule has 0 fully saturated rings. The maximum Gasteiger partial charge on any atom is 0.259 e. The van der Waals surface area contributed by atoms with Crippen molar-refractivity contribution >= 4 is 27.5 Å². The van der Waals surface area contributed by atoms with Gasteiger partial charge in [-0.25, -0.2) is 4.98 Å². The quantitative estimate of drug-likeness (QED) is 0.663. The van der Waals surface area contributed by atoms with Gasteiger partial charge in [0.1, 0.15) is 4.83 Å². The minimum Gasteiger partial charge on any atom is -0.493 e. The first-order valence-corrected chi connectivity index (χ1v) is 8.86. The Bertz CT molecular complexity index is 980. The zero-order valence-electron chi connectivity index (χ0n) is 14.5. The summed E-state index contributed by atoms with van der Waals surface area (Å²) in [4.78, 5) is 32.0. The molecule has 136 valence electrons. The number of aromatic amines is 1. The van der Waals surface area contributed by atoms with Crippen LogP contribution < -0.4 is 20.3 Å². The fraction of sp³-hybridized carbons (Fsp3) is 0.278. The van der Waals surface area contributed by atoms with E-state index in [0.717, 1.165) is 10.4 Å². The Labute approximate surface area is 154 Å². The molecule has 8 heteroatoms. The minimum atomic E-state index is -0.169. The lowest BCUT2D eigenvalue weighted by atomic mass is 10.1. The van der Waals surface area contributed by atoms with Crippen molar-refractivity contribution in [3.63, 3.8) is 0 Å². The van der Waals surface area contributed by atoms with Crippen LogP contribution in [0, 0.1) is 0 Å². The summed E-state index contributed by atoms with van der Waals surface area (Å²) in [7, 11) is 3.17. The fourth-order valence-electron chi connectivity index (χ4n) is 2.57. The molecule has 3 rings (SSSR count). The highest BCUT2D eigenvalue weighted by atomic mass is 32.1. The number of fused-ring (bicyclic) bond motifs is 1. The summed E-state index contributed by atoms with van der Waals surface area (Å²) in [6.45, 7) is 0.380. The third-order valence-corrected chi connectivity index (χ3v) is 4.98. The van der Waals surface area contributed by atoms with Crippen LogP contribution in [-0.4, -0.2) is 30.1 Å². The van der Waals surface area contributed by atoms with Crippen LogP contribution in [-0.2, 0) is 17.8 Å². The maximum atomic E-state index is 12.1. The van der Waals surface area contributed by atoms with Crippen LogP contribution in [0.4, 0.5) is 0 Å². The van der Waals surface area contributed by atoms with Crippen LogP contribution in [0.5, 0.6) is 11.5 Å². The van der Waals surface area contributed by atoms with E-state index >= 15 is 0 Å². The van der Waals surface area contributed by atoms with Crippen LogP contribution in [0.3, 0.4) is 0 Å². The molecule has 0 atom stereocenters. The summed E-state index contributed by atoms with van der Waals surface area (Å²) in [5.41, 5.74) is 0.827. The van der Waals surface area contributed by atoms with Gasteiger partial charge in [-0.3, -0.25) is 9.59 Å². The Balaban J connectivity index is 1.55. The fourth-order valence-corrected chi connectivity index (χ4v) is 3.51. The number of aromatic nitrogens is 2. The summed E-state index contributed by atoms with van der Waals surface area (Å²) in [5, 5.41) is 3.42. The van der Waals surface area contributed by atoms with Gasteiger partial charge < -0.3 is 19.8 Å². The molecule has 2 N–H and O–H groups in total. The second kappa shape index (κ2) is 8.01. The molecule has 7 nitrogen and oxygen atoms in total. The molecule has 0 saturated carbocycles. The number of hydrogen-bond acceptors (Lipinski definition) is 6. The maximum absolute atomic E-state index is 12.1. The van der Waals surface area contributed by atoms with E-state index in [1.165, 1.54) is 17.7 Å². The molecule has 0 bridgehead atoms. The number of carbonyl (C=O) groups is 1. The molecule has 1 aromatic carbocycles. The van der Waals surface area contributed by atoms with E-state index in [1.54, 1.807) is 20.3 Å². The molecular formula is C18H19N3O4S. The van der Waals surface area contributed by atoms with Crippen molar-refractivity contribution < 1.29 is 14.3 Å². The van der Waals surface area contributed by atoms with Crippen molar-refractivity contribution in [3.05, 3.63) is 51.4 Å². The Morgan fingerprint density at radius 2 is 2.04 bits per heavy atom. The first kappa shape index (κ1) is 17.9. The molecule has 0 spiro atoms. The van der Waals surface area contributed by atoms with Gasteiger partial charge in [0, 0.05) is 11.3 Å². The van der Waals surface area contributed by atoms with E-state index in [-0.39, 0.29) is 11.5 Å². The van der Waals surface area contributed by atoms with Gasteiger partial charge in [-0.05, 0) is 30.2 Å². The molecule has 0 radical (unpaired) electrons. The summed E-state index contributed by atoms with van der Waals surface area (Å²) >= 11 is 1.40. The van der Waals surface area contributed by atoms with Gasteiger partial charge >= 0.3 is 0 Å². The number of rotatable bonds is 7. The van der Waals surface area contributed by atoms with Gasteiger partial charge in [-0.15, -0.1) is 11.3 Å². The minimum absolute atomic E-state index is 0.0564. The van der Waals surface area contributed by atoms with E-state index in [9.17, 15) is 9.59 Å². The summed E-state index contributed by atoms with van der Waals surface area (Å²) in [5.74, 6) is 1.25. The molecule has 0 aliphatic carbocycles. The Morgan fingerprint density at radius 3 is 2.77 bits per heavy atom. The van der Waals surface area contributed by atoms with Gasteiger partial charge in [0.2, 0.25) is 5.91 Å². The lowest BCUT2D eigenvalue weighted by molar-refractivity contribution is -0.121. The van der Waals surface area contributed by atoms with Crippen molar-refractivity contribution in [1.29, 1.82) is 0 Å². The number of benzene rings is 1. The number of carbonyl (C=O) groups excluding carboxylic acids is 1. The van der Waals surface area contributed by atoms with Gasteiger partial charge in [0.05, 0.1) is 32.5 Å². The standard InChI is InChI=1S/C18H19N3O4S/c1-24-14-5-3-11(7-15(14)25-2)4-6-16(22)19-9-12-8-13-17(23)20-10-21-18(13)26-12/h3,5,7-8,10H,4,6,9H2,1-2H3,(H,19,22)(H,20,21,23). The summed E-state index contributed by atoms with van der Waals surface area (Å²) in [6, 6.07) is 7.38. The Kier molecular flexibility index (Phi) is 5.52. The van der Waals surface area contributed by atoms with Crippen LogP contribution >= 0.6 is 11.3 Å². The average molecular weight is 373 g/mol. The third-order valence-electron chi connectivity index (χ3n) is 3.93. The van der Waals surface area contributed by atoms with Crippen LogP contribution in [0.1, 0.15) is 16.9 Å². The number of aryl methyl sites for hydroxylation is 1. The highest BCUT2D eigenvalue weighted by Crippen LogP contribution is 2.28. The van der Waals surface area contributed by atoms with E-state index in [4.69, 9.17) is 9.47 Å². The SMILES string of the molecule is COc1ccc(CCC(=O)NCc2cc3c(=O)[nH]cnc3s2)cc1OC. The lowest BCUT2D eigenvalue weighted by Gasteiger charge is -2.09. The van der Waals surface area contributed by atoms with Crippen LogP contribution in [0.25, 0.3) is 10.2 Å². The second-order valence-corrected chi connectivity index (χ2v) is 6.74. The topological polar surface area (TPSA) is 93.3 Å². The first-order chi connectivity index (χ1) is 12.6. The first-order valence-electron chi connectivity index (χ1n) is 8.04. The molecule has 0 unspecified atom stereocenters. The number of nitrogens with one attached hydrogen (secondary N) is 2. The van der Waals surface area contributed by atoms with Crippen LogP contribution in [0.2, 0.25) is 0 Å². The van der Waals surface area contributed by atoms with Gasteiger partial charge in [0.15, 0.2) is 11.5 Å². The van der Waals surface area contributed by atoms with Crippen molar-refractivity contribution in [3.8, 4) is 11.5 Å². The van der Waals surface area contributed by atoms with Gasteiger partial charge in [0.25, 0.3) is 5.56 Å².